The number of aliphatic hydroxyl groups is 4. The Balaban J connectivity index is 2.20. The van der Waals surface area contributed by atoms with Crippen LogP contribution in [0.15, 0.2) is 60.8 Å². The third-order valence-electron chi connectivity index (χ3n) is 10.9. The molecule has 1 heterocycles. The highest BCUT2D eigenvalue weighted by molar-refractivity contribution is 5.69. The molecule has 6 unspecified atom stereocenters. The van der Waals surface area contributed by atoms with Crippen molar-refractivity contribution < 1.29 is 44.2 Å². The van der Waals surface area contributed by atoms with Gasteiger partial charge in [0.25, 0.3) is 0 Å². The Morgan fingerprint density at radius 2 is 1.02 bits per heavy atom. The number of aliphatic hydroxyl groups excluding tert-OH is 4. The smallest absolute Gasteiger partial charge is 0.306 e. The van der Waals surface area contributed by atoms with Crippen LogP contribution in [0.25, 0.3) is 0 Å². The average molecular weight is 847 g/mol. The zero-order chi connectivity index (χ0) is 43.6. The summed E-state index contributed by atoms with van der Waals surface area (Å²) >= 11 is 0. The summed E-state index contributed by atoms with van der Waals surface area (Å²) in [6, 6.07) is 0. The van der Waals surface area contributed by atoms with Gasteiger partial charge >= 0.3 is 5.97 Å². The van der Waals surface area contributed by atoms with Crippen molar-refractivity contribution in [2.24, 2.45) is 0 Å². The van der Waals surface area contributed by atoms with Gasteiger partial charge in [-0.1, -0.05) is 190 Å². The lowest BCUT2D eigenvalue weighted by molar-refractivity contribution is -0.305. The van der Waals surface area contributed by atoms with Crippen molar-refractivity contribution in [2.45, 2.75) is 230 Å². The molecule has 6 atom stereocenters. The van der Waals surface area contributed by atoms with E-state index in [0.29, 0.717) is 13.0 Å². The maximum Gasteiger partial charge on any atom is 0.306 e. The van der Waals surface area contributed by atoms with E-state index >= 15 is 0 Å². The van der Waals surface area contributed by atoms with Crippen LogP contribution >= 0.6 is 0 Å². The first kappa shape index (κ1) is 55.9. The highest BCUT2D eigenvalue weighted by Crippen LogP contribution is 2.23. The zero-order valence-electron chi connectivity index (χ0n) is 38.2. The van der Waals surface area contributed by atoms with Crippen molar-refractivity contribution in [3.8, 4) is 0 Å². The van der Waals surface area contributed by atoms with E-state index in [4.69, 9.17) is 18.9 Å². The Labute approximate surface area is 366 Å². The molecule has 0 saturated carbocycles. The second kappa shape index (κ2) is 42.2. The van der Waals surface area contributed by atoms with Gasteiger partial charge in [-0.2, -0.15) is 0 Å². The molecule has 0 bridgehead atoms. The molecular weight excluding hydrogens is 757 g/mol. The second-order valence-electron chi connectivity index (χ2n) is 16.5. The van der Waals surface area contributed by atoms with Crippen molar-refractivity contribution >= 4 is 5.97 Å². The summed E-state index contributed by atoms with van der Waals surface area (Å²) < 4.78 is 22.8. The van der Waals surface area contributed by atoms with Gasteiger partial charge in [0.05, 0.1) is 19.8 Å². The maximum atomic E-state index is 12.8. The van der Waals surface area contributed by atoms with E-state index in [1.54, 1.807) is 0 Å². The summed E-state index contributed by atoms with van der Waals surface area (Å²) in [6.45, 7) is 4.44. The average Bonchev–Trinajstić information content (AvgIpc) is 3.25. The molecule has 60 heavy (non-hydrogen) atoms. The van der Waals surface area contributed by atoms with E-state index in [-0.39, 0.29) is 19.2 Å². The minimum absolute atomic E-state index is 0.116. The fourth-order valence-electron chi connectivity index (χ4n) is 7.17. The number of ether oxygens (including phenoxy) is 4. The van der Waals surface area contributed by atoms with Gasteiger partial charge in [0, 0.05) is 13.0 Å². The Kier molecular flexibility index (Phi) is 39.3. The van der Waals surface area contributed by atoms with E-state index in [0.717, 1.165) is 70.6 Å². The van der Waals surface area contributed by atoms with Crippen molar-refractivity contribution in [3.05, 3.63) is 60.8 Å². The first-order valence-electron chi connectivity index (χ1n) is 24.4. The molecule has 9 heteroatoms. The lowest BCUT2D eigenvalue weighted by Crippen LogP contribution is -2.59. The van der Waals surface area contributed by atoms with Crippen LogP contribution in [0.2, 0.25) is 0 Å². The number of carbonyl (C=O) groups excluding carboxylic acids is 1. The molecule has 0 aromatic rings. The Morgan fingerprint density at radius 3 is 1.53 bits per heavy atom. The number of hydrogen-bond donors (Lipinski definition) is 4. The summed E-state index contributed by atoms with van der Waals surface area (Å²) in [5, 5.41) is 40.1. The number of allylic oxidation sites excluding steroid dienone is 10. The highest BCUT2D eigenvalue weighted by atomic mass is 16.7. The molecule has 0 aromatic carbocycles. The predicted molar refractivity (Wildman–Crippen MR) is 247 cm³/mol. The molecule has 1 fully saturated rings. The van der Waals surface area contributed by atoms with Crippen LogP contribution < -0.4 is 0 Å². The molecule has 0 aliphatic carbocycles. The van der Waals surface area contributed by atoms with Gasteiger partial charge in [0.2, 0.25) is 0 Å². The van der Waals surface area contributed by atoms with E-state index in [1.165, 1.54) is 103 Å². The minimum Gasteiger partial charge on any atom is -0.457 e. The standard InChI is InChI=1S/C51H90O9/c1-3-5-7-9-11-13-15-17-18-19-20-21-22-23-24-25-26-27-28-29-30-32-34-36-38-40-47(53)59-45(44-58-51-50(56)49(55)48(54)46(42-52)60-51)43-57-41-39-37-35-33-31-16-14-12-10-8-6-4-2/h5,7,11,13,17-18,20-21,23-24,45-46,48-52,54-56H,3-4,6,8-10,12,14-16,19,22,25-44H2,1-2H3/b7-5-,13-11-,18-17-,21-20-,24-23-. The van der Waals surface area contributed by atoms with Crippen LogP contribution in [0.5, 0.6) is 0 Å². The number of hydrogen-bond acceptors (Lipinski definition) is 9. The van der Waals surface area contributed by atoms with Gasteiger partial charge in [-0.3, -0.25) is 4.79 Å². The normalized spacial score (nSPS) is 20.5. The molecule has 1 aliphatic rings. The van der Waals surface area contributed by atoms with Crippen LogP contribution in [0, 0.1) is 0 Å². The van der Waals surface area contributed by atoms with Crippen molar-refractivity contribution in [1.29, 1.82) is 0 Å². The molecule has 348 valence electrons. The van der Waals surface area contributed by atoms with Crippen LogP contribution in [-0.2, 0) is 23.7 Å². The molecule has 1 aliphatic heterocycles. The molecule has 0 aromatic heterocycles. The number of carbonyl (C=O) groups is 1. The molecule has 1 rings (SSSR count). The fourth-order valence-corrected chi connectivity index (χ4v) is 7.17. The van der Waals surface area contributed by atoms with E-state index in [9.17, 15) is 25.2 Å². The van der Waals surface area contributed by atoms with E-state index < -0.39 is 43.4 Å². The summed E-state index contributed by atoms with van der Waals surface area (Å²) in [6.07, 6.45) is 46.8. The van der Waals surface area contributed by atoms with Gasteiger partial charge in [-0.25, -0.2) is 0 Å². The second-order valence-corrected chi connectivity index (χ2v) is 16.5. The fraction of sp³-hybridized carbons (Fsp3) is 0.784. The van der Waals surface area contributed by atoms with Gasteiger partial charge in [0.1, 0.15) is 30.5 Å². The monoisotopic (exact) mass is 847 g/mol. The Hall–Kier alpha value is -2.11. The quantitative estimate of drug-likeness (QED) is 0.0269. The third-order valence-corrected chi connectivity index (χ3v) is 10.9. The van der Waals surface area contributed by atoms with Gasteiger partial charge in [-0.15, -0.1) is 0 Å². The molecule has 0 radical (unpaired) electrons. The topological polar surface area (TPSA) is 135 Å². The van der Waals surface area contributed by atoms with Crippen LogP contribution in [-0.4, -0.2) is 89.6 Å². The lowest BCUT2D eigenvalue weighted by Gasteiger charge is -2.39. The van der Waals surface area contributed by atoms with Gasteiger partial charge in [0.15, 0.2) is 6.29 Å². The predicted octanol–water partition coefficient (Wildman–Crippen LogP) is 11.5. The summed E-state index contributed by atoms with van der Waals surface area (Å²) in [5.74, 6) is -0.320. The summed E-state index contributed by atoms with van der Waals surface area (Å²) in [7, 11) is 0. The molecular formula is C51H90O9. The maximum absolute atomic E-state index is 12.8. The van der Waals surface area contributed by atoms with Gasteiger partial charge < -0.3 is 39.4 Å². The minimum atomic E-state index is -1.54. The van der Waals surface area contributed by atoms with Crippen LogP contribution in [0.1, 0.15) is 194 Å². The first-order chi connectivity index (χ1) is 29.4. The third kappa shape index (κ3) is 32.6. The van der Waals surface area contributed by atoms with Crippen molar-refractivity contribution in [2.75, 3.05) is 26.4 Å². The van der Waals surface area contributed by atoms with Crippen LogP contribution in [0.4, 0.5) is 0 Å². The molecule has 4 N–H and O–H groups in total. The van der Waals surface area contributed by atoms with Crippen LogP contribution in [0.3, 0.4) is 0 Å². The Bertz CT molecular complexity index is 1100. The van der Waals surface area contributed by atoms with Gasteiger partial charge in [-0.05, 0) is 57.8 Å². The summed E-state index contributed by atoms with van der Waals surface area (Å²) in [4.78, 5) is 12.8. The molecule has 0 spiro atoms. The molecule has 1 saturated heterocycles. The first-order valence-corrected chi connectivity index (χ1v) is 24.4. The highest BCUT2D eigenvalue weighted by Gasteiger charge is 2.44. The SMILES string of the molecule is CC/C=C\C/C=C\C/C=C\C/C=C\C/C=C\CCCCCCCCCCCC(=O)OC(COCCCCCCCCCCCCCC)COC1OC(CO)C(O)C(O)C1O. The van der Waals surface area contributed by atoms with Crippen molar-refractivity contribution in [1.82, 2.24) is 0 Å². The summed E-state index contributed by atoms with van der Waals surface area (Å²) in [5.41, 5.74) is 0. The van der Waals surface area contributed by atoms with Crippen molar-refractivity contribution in [3.63, 3.8) is 0 Å². The van der Waals surface area contributed by atoms with E-state index in [2.05, 4.69) is 74.6 Å². The number of esters is 1. The zero-order valence-corrected chi connectivity index (χ0v) is 38.2. The number of rotatable bonds is 41. The largest absolute Gasteiger partial charge is 0.457 e. The number of unbranched alkanes of at least 4 members (excludes halogenated alkanes) is 20. The van der Waals surface area contributed by atoms with E-state index in [1.807, 2.05) is 0 Å². The molecule has 0 amide bonds. The lowest BCUT2D eigenvalue weighted by atomic mass is 9.99. The Morgan fingerprint density at radius 1 is 0.550 bits per heavy atom. The molecule has 9 nitrogen and oxygen atoms in total.